The van der Waals surface area contributed by atoms with Gasteiger partial charge >= 0.3 is 5.97 Å². The number of amides is 1. The van der Waals surface area contributed by atoms with Crippen molar-refractivity contribution in [2.24, 2.45) is 11.8 Å². The standard InChI is InChI=1S/C15H12ClNO4/c16-8-1-3-9(4-2-8)17-7-15-6-5-10(21-15)11(14(19)20)12(15)13(17)18/h1-6,10-12H,7H2,(H,19,20)/t10-,11+,12-,15-/m1/s1. The summed E-state index contributed by atoms with van der Waals surface area (Å²) < 4.78 is 5.82. The van der Waals surface area contributed by atoms with E-state index < -0.39 is 29.5 Å². The molecule has 0 aromatic heterocycles. The second-order valence-corrected chi connectivity index (χ2v) is 6.08. The molecule has 3 aliphatic heterocycles. The zero-order valence-corrected chi connectivity index (χ0v) is 11.7. The van der Waals surface area contributed by atoms with Crippen molar-refractivity contribution in [2.75, 3.05) is 11.4 Å². The van der Waals surface area contributed by atoms with Crippen LogP contribution < -0.4 is 4.90 Å². The van der Waals surface area contributed by atoms with Crippen molar-refractivity contribution in [3.05, 3.63) is 41.4 Å². The molecule has 1 amide bonds. The van der Waals surface area contributed by atoms with Crippen LogP contribution in [0.1, 0.15) is 0 Å². The normalized spacial score (nSPS) is 36.3. The lowest BCUT2D eigenvalue weighted by Gasteiger charge is -2.21. The molecule has 2 bridgehead atoms. The van der Waals surface area contributed by atoms with Gasteiger partial charge in [-0.1, -0.05) is 23.8 Å². The molecule has 6 heteroatoms. The molecule has 1 aromatic rings. The van der Waals surface area contributed by atoms with Crippen molar-refractivity contribution >= 4 is 29.2 Å². The summed E-state index contributed by atoms with van der Waals surface area (Å²) in [6.07, 6.45) is 3.10. The predicted molar refractivity (Wildman–Crippen MR) is 75.2 cm³/mol. The number of fused-ring (bicyclic) bond motifs is 1. The lowest BCUT2D eigenvalue weighted by molar-refractivity contribution is -0.146. The van der Waals surface area contributed by atoms with E-state index in [1.807, 2.05) is 6.08 Å². The second kappa shape index (κ2) is 4.08. The Balaban J connectivity index is 1.73. The topological polar surface area (TPSA) is 66.8 Å². The largest absolute Gasteiger partial charge is 0.481 e. The average Bonchev–Trinajstić information content (AvgIpc) is 3.08. The predicted octanol–water partition coefficient (Wildman–Crippen LogP) is 1.71. The summed E-state index contributed by atoms with van der Waals surface area (Å²) in [6, 6.07) is 6.92. The van der Waals surface area contributed by atoms with Crippen molar-refractivity contribution in [1.29, 1.82) is 0 Å². The minimum atomic E-state index is -0.984. The number of anilines is 1. The molecule has 5 nitrogen and oxygen atoms in total. The van der Waals surface area contributed by atoms with Gasteiger partial charge in [0.15, 0.2) is 0 Å². The minimum Gasteiger partial charge on any atom is -0.481 e. The molecule has 108 valence electrons. The summed E-state index contributed by atoms with van der Waals surface area (Å²) in [5.74, 6) is -2.64. The molecule has 3 heterocycles. The number of hydrogen-bond acceptors (Lipinski definition) is 3. The lowest BCUT2D eigenvalue weighted by atomic mass is 9.77. The van der Waals surface area contributed by atoms with E-state index in [4.69, 9.17) is 16.3 Å². The third-order valence-electron chi connectivity index (χ3n) is 4.52. The van der Waals surface area contributed by atoms with Gasteiger partial charge in [0.1, 0.15) is 11.5 Å². The first kappa shape index (κ1) is 12.9. The van der Waals surface area contributed by atoms with Gasteiger partial charge < -0.3 is 14.7 Å². The van der Waals surface area contributed by atoms with Gasteiger partial charge in [0.2, 0.25) is 5.91 Å². The lowest BCUT2D eigenvalue weighted by Crippen LogP contribution is -2.39. The number of hydrogen-bond donors (Lipinski definition) is 1. The van der Waals surface area contributed by atoms with Gasteiger partial charge in [0.25, 0.3) is 0 Å². The van der Waals surface area contributed by atoms with Gasteiger partial charge in [-0.3, -0.25) is 9.59 Å². The summed E-state index contributed by atoms with van der Waals surface area (Å²) in [6.45, 7) is 0.342. The van der Waals surface area contributed by atoms with E-state index in [9.17, 15) is 14.7 Å². The molecule has 2 fully saturated rings. The van der Waals surface area contributed by atoms with Crippen LogP contribution in [0.2, 0.25) is 5.02 Å². The summed E-state index contributed by atoms with van der Waals surface area (Å²) in [7, 11) is 0. The third-order valence-corrected chi connectivity index (χ3v) is 4.78. The number of carboxylic acids is 1. The Bertz CT molecular complexity index is 671. The number of carboxylic acid groups (broad SMARTS) is 1. The highest BCUT2D eigenvalue weighted by atomic mass is 35.5. The quantitative estimate of drug-likeness (QED) is 0.845. The Morgan fingerprint density at radius 1 is 1.38 bits per heavy atom. The van der Waals surface area contributed by atoms with Gasteiger partial charge in [0, 0.05) is 10.7 Å². The second-order valence-electron chi connectivity index (χ2n) is 5.64. The highest BCUT2D eigenvalue weighted by molar-refractivity contribution is 6.30. The smallest absolute Gasteiger partial charge is 0.310 e. The van der Waals surface area contributed by atoms with Gasteiger partial charge in [-0.2, -0.15) is 0 Å². The van der Waals surface area contributed by atoms with E-state index in [2.05, 4.69) is 0 Å². The molecular weight excluding hydrogens is 294 g/mol. The van der Waals surface area contributed by atoms with Crippen molar-refractivity contribution in [2.45, 2.75) is 11.7 Å². The highest BCUT2D eigenvalue weighted by Gasteiger charge is 2.67. The number of carbonyl (C=O) groups is 2. The van der Waals surface area contributed by atoms with Crippen LogP contribution in [-0.2, 0) is 14.3 Å². The van der Waals surface area contributed by atoms with Gasteiger partial charge in [0.05, 0.1) is 18.6 Å². The van der Waals surface area contributed by atoms with Crippen LogP contribution in [0.5, 0.6) is 0 Å². The van der Waals surface area contributed by atoms with E-state index in [0.717, 1.165) is 0 Å². The number of rotatable bonds is 2. The first-order chi connectivity index (χ1) is 10.0. The van der Waals surface area contributed by atoms with Crippen molar-refractivity contribution in [1.82, 2.24) is 0 Å². The van der Waals surface area contributed by atoms with Crippen LogP contribution in [-0.4, -0.2) is 35.2 Å². The fourth-order valence-corrected chi connectivity index (χ4v) is 3.75. The van der Waals surface area contributed by atoms with Gasteiger partial charge in [-0.15, -0.1) is 0 Å². The number of aliphatic carboxylic acids is 1. The molecule has 21 heavy (non-hydrogen) atoms. The van der Waals surface area contributed by atoms with Crippen LogP contribution in [0, 0.1) is 11.8 Å². The SMILES string of the molecule is O=C(O)[C@H]1[C@H]2C=C[C@]3(CN(c4ccc(Cl)cc4)C(=O)[C@@H]13)O2. The van der Waals surface area contributed by atoms with Crippen LogP contribution in [0.15, 0.2) is 36.4 Å². The Hall–Kier alpha value is -1.85. The average molecular weight is 306 g/mol. The summed E-state index contributed by atoms with van der Waals surface area (Å²) >= 11 is 5.86. The van der Waals surface area contributed by atoms with Crippen LogP contribution in [0.3, 0.4) is 0 Å². The molecule has 2 saturated heterocycles. The molecule has 1 N–H and O–H groups in total. The molecular formula is C15H12ClNO4. The maximum atomic E-state index is 12.7. The Labute approximate surface area is 125 Å². The van der Waals surface area contributed by atoms with Crippen molar-refractivity contribution < 1.29 is 19.4 Å². The molecule has 0 aliphatic carbocycles. The molecule has 4 atom stereocenters. The van der Waals surface area contributed by atoms with Crippen molar-refractivity contribution in [3.63, 3.8) is 0 Å². The zero-order valence-electron chi connectivity index (χ0n) is 10.9. The van der Waals surface area contributed by atoms with E-state index in [1.54, 1.807) is 35.2 Å². The van der Waals surface area contributed by atoms with Crippen LogP contribution >= 0.6 is 11.6 Å². The number of benzene rings is 1. The maximum Gasteiger partial charge on any atom is 0.310 e. The molecule has 0 radical (unpaired) electrons. The molecule has 1 spiro atoms. The summed E-state index contributed by atoms with van der Waals surface area (Å²) in [5.41, 5.74) is -0.0949. The fourth-order valence-electron chi connectivity index (χ4n) is 3.62. The maximum absolute atomic E-state index is 12.7. The molecule has 0 unspecified atom stereocenters. The van der Waals surface area contributed by atoms with Gasteiger partial charge in [-0.05, 0) is 24.3 Å². The number of nitrogens with zero attached hydrogens (tertiary/aromatic N) is 1. The first-order valence-electron chi connectivity index (χ1n) is 6.69. The monoisotopic (exact) mass is 305 g/mol. The van der Waals surface area contributed by atoms with E-state index in [0.29, 0.717) is 17.3 Å². The highest BCUT2D eigenvalue weighted by Crippen LogP contribution is 2.52. The van der Waals surface area contributed by atoms with E-state index >= 15 is 0 Å². The van der Waals surface area contributed by atoms with Crippen LogP contribution in [0.25, 0.3) is 0 Å². The number of ether oxygens (including phenoxy) is 1. The molecule has 0 saturated carbocycles. The van der Waals surface area contributed by atoms with Crippen molar-refractivity contribution in [3.8, 4) is 0 Å². The number of carbonyl (C=O) groups excluding carboxylic acids is 1. The minimum absolute atomic E-state index is 0.198. The van der Waals surface area contributed by atoms with Crippen LogP contribution in [0.4, 0.5) is 5.69 Å². The zero-order chi connectivity index (χ0) is 14.8. The Kier molecular flexibility index (Phi) is 2.50. The summed E-state index contributed by atoms with van der Waals surface area (Å²) in [4.78, 5) is 25.7. The van der Waals surface area contributed by atoms with Gasteiger partial charge in [-0.25, -0.2) is 0 Å². The molecule has 3 aliphatic rings. The molecule has 1 aromatic carbocycles. The first-order valence-corrected chi connectivity index (χ1v) is 7.07. The van der Waals surface area contributed by atoms with E-state index in [-0.39, 0.29) is 5.91 Å². The fraction of sp³-hybridized carbons (Fsp3) is 0.333. The molecule has 4 rings (SSSR count). The Morgan fingerprint density at radius 3 is 2.76 bits per heavy atom. The Morgan fingerprint density at radius 2 is 2.10 bits per heavy atom. The number of halogens is 1. The third kappa shape index (κ3) is 1.61. The summed E-state index contributed by atoms with van der Waals surface area (Å²) in [5, 5.41) is 9.98. The van der Waals surface area contributed by atoms with E-state index in [1.165, 1.54) is 0 Å².